The first-order valence-electron chi connectivity index (χ1n) is 4.06. The molecule has 1 aliphatic rings. The van der Waals surface area contributed by atoms with E-state index in [0.29, 0.717) is 0 Å². The summed E-state index contributed by atoms with van der Waals surface area (Å²) in [5.74, 6) is 0. The zero-order valence-corrected chi connectivity index (χ0v) is 8.73. The van der Waals surface area contributed by atoms with Crippen molar-refractivity contribution >= 4 is 10.0 Å². The fourth-order valence-corrected chi connectivity index (χ4v) is 2.00. The molecule has 1 nitrogen and oxygen atoms in total. The Kier molecular flexibility index (Phi) is 1.86. The third kappa shape index (κ3) is 1.14. The minimum atomic E-state index is 1.09. The van der Waals surface area contributed by atoms with Crippen LogP contribution in [0.1, 0.15) is 11.1 Å². The molecule has 0 fully saturated rings. The van der Waals surface area contributed by atoms with Crippen molar-refractivity contribution in [3.63, 3.8) is 0 Å². The van der Waals surface area contributed by atoms with Crippen molar-refractivity contribution in [2.24, 2.45) is 0 Å². The topological polar surface area (TPSA) is 3.24 Å². The molecule has 0 amide bonds. The van der Waals surface area contributed by atoms with Gasteiger partial charge in [-0.15, -0.1) is 0 Å². The molecule has 1 aromatic carbocycles. The number of nitrogens with zero attached hydrogens (tertiary/aromatic N) is 1. The second-order valence-corrected chi connectivity index (χ2v) is 4.09. The van der Waals surface area contributed by atoms with Crippen molar-refractivity contribution in [1.82, 2.24) is 0 Å². The van der Waals surface area contributed by atoms with E-state index in [1.807, 2.05) is 0 Å². The molecule has 2 rings (SSSR count). The summed E-state index contributed by atoms with van der Waals surface area (Å²) >= 11 is 2.64. The van der Waals surface area contributed by atoms with Crippen LogP contribution in [0.4, 0.5) is 5.69 Å². The quantitative estimate of drug-likeness (QED) is 0.610. The van der Waals surface area contributed by atoms with Gasteiger partial charge in [-0.3, -0.25) is 0 Å². The van der Waals surface area contributed by atoms with E-state index in [9.17, 15) is 0 Å². The van der Waals surface area contributed by atoms with Gasteiger partial charge >= 0.3 is 81.6 Å². The van der Waals surface area contributed by atoms with Crippen LogP contribution in [0.5, 0.6) is 0 Å². The summed E-state index contributed by atoms with van der Waals surface area (Å²) in [6.07, 6.45) is 1.09. The van der Waals surface area contributed by atoms with Crippen molar-refractivity contribution in [1.29, 1.82) is 0 Å². The van der Waals surface area contributed by atoms with Crippen LogP contribution in [-0.2, 0) is 23.4 Å². The number of likely N-dealkylation sites (N-methyl/N-ethyl adjacent to an activating group) is 1. The molecule has 1 heterocycles. The summed E-state index contributed by atoms with van der Waals surface area (Å²) in [6, 6.07) is 6.65. The molecule has 0 spiro atoms. The van der Waals surface area contributed by atoms with Crippen LogP contribution in [0.3, 0.4) is 0 Å². The monoisotopic (exact) mass is 196 g/mol. The number of hydrogen-bond acceptors (Lipinski definition) is 1. The van der Waals surface area contributed by atoms with Gasteiger partial charge in [-0.2, -0.15) is 0 Å². The summed E-state index contributed by atoms with van der Waals surface area (Å²) in [7, 11) is 2.12. The van der Waals surface area contributed by atoms with E-state index < -0.39 is 0 Å². The molecular formula is C10H11NV. The molecule has 1 aliphatic heterocycles. The van der Waals surface area contributed by atoms with Crippen molar-refractivity contribution in [2.45, 2.75) is 13.3 Å². The summed E-state index contributed by atoms with van der Waals surface area (Å²) in [5, 5.41) is 0. The van der Waals surface area contributed by atoms with E-state index in [2.05, 4.69) is 54.0 Å². The number of aryl methyl sites for hydroxylation is 1. The number of rotatable bonds is 0. The van der Waals surface area contributed by atoms with Gasteiger partial charge in [0.15, 0.2) is 0 Å². The minimum absolute atomic E-state index is 1.09. The Morgan fingerprint density at radius 3 is 2.92 bits per heavy atom. The molecule has 61 valence electrons. The number of fused-ring (bicyclic) bond motifs is 1. The van der Waals surface area contributed by atoms with E-state index in [1.165, 1.54) is 21.2 Å². The Hall–Kier alpha value is -0.526. The van der Waals surface area contributed by atoms with Crippen molar-refractivity contribution < 1.29 is 17.0 Å². The van der Waals surface area contributed by atoms with Gasteiger partial charge in [-0.05, 0) is 0 Å². The fourth-order valence-electron chi connectivity index (χ4n) is 1.56. The van der Waals surface area contributed by atoms with E-state index >= 15 is 0 Å². The zero-order chi connectivity index (χ0) is 8.72. The van der Waals surface area contributed by atoms with E-state index in [0.717, 1.165) is 6.42 Å². The van der Waals surface area contributed by atoms with Crippen LogP contribution < -0.4 is 4.90 Å². The predicted octanol–water partition coefficient (Wildman–Crippen LogP) is 1.66. The first-order chi connectivity index (χ1) is 5.68. The molecule has 2 heteroatoms. The molecule has 0 saturated carbocycles. The third-order valence-corrected chi connectivity index (χ3v) is 3.05. The van der Waals surface area contributed by atoms with Crippen molar-refractivity contribution in [3.05, 3.63) is 29.3 Å². The van der Waals surface area contributed by atoms with Gasteiger partial charge < -0.3 is 0 Å². The van der Waals surface area contributed by atoms with Crippen LogP contribution in [0.2, 0.25) is 0 Å². The van der Waals surface area contributed by atoms with Gasteiger partial charge in [0.25, 0.3) is 0 Å². The molecule has 12 heavy (non-hydrogen) atoms. The van der Waals surface area contributed by atoms with Crippen molar-refractivity contribution in [2.75, 3.05) is 11.9 Å². The van der Waals surface area contributed by atoms with Crippen LogP contribution in [0.25, 0.3) is 0 Å². The molecule has 0 saturated heterocycles. The van der Waals surface area contributed by atoms with Gasteiger partial charge in [0.05, 0.1) is 0 Å². The zero-order valence-electron chi connectivity index (χ0n) is 7.33. The molecule has 0 radical (unpaired) electrons. The van der Waals surface area contributed by atoms with Crippen LogP contribution in [0.15, 0.2) is 18.2 Å². The Bertz CT molecular complexity index is 344. The van der Waals surface area contributed by atoms with E-state index in [1.54, 1.807) is 0 Å². The number of hydrogen-bond donors (Lipinski definition) is 0. The summed E-state index contributed by atoms with van der Waals surface area (Å²) in [4.78, 5) is 2.25. The number of anilines is 1. The average Bonchev–Trinajstić information content (AvgIpc) is 2.31. The molecule has 0 aliphatic carbocycles. The second kappa shape index (κ2) is 2.75. The first-order valence-corrected chi connectivity index (χ1v) is 4.76. The maximum atomic E-state index is 2.64. The van der Waals surface area contributed by atoms with Gasteiger partial charge in [-0.1, -0.05) is 0 Å². The summed E-state index contributed by atoms with van der Waals surface area (Å²) < 4.78 is 1.38. The Morgan fingerprint density at radius 2 is 2.17 bits per heavy atom. The van der Waals surface area contributed by atoms with Gasteiger partial charge in [0, 0.05) is 0 Å². The van der Waals surface area contributed by atoms with Crippen LogP contribution in [0, 0.1) is 6.92 Å². The number of benzene rings is 1. The molecule has 1 aromatic rings. The molecule has 0 unspecified atom stereocenters. The van der Waals surface area contributed by atoms with Crippen LogP contribution >= 0.6 is 0 Å². The molecule has 0 aromatic heterocycles. The van der Waals surface area contributed by atoms with Gasteiger partial charge in [0.2, 0.25) is 0 Å². The second-order valence-electron chi connectivity index (χ2n) is 3.28. The maximum absolute atomic E-state index is 2.64. The normalized spacial score (nSPS) is 15.1. The summed E-state index contributed by atoms with van der Waals surface area (Å²) in [6.45, 7) is 2.14. The summed E-state index contributed by atoms with van der Waals surface area (Å²) in [5.41, 5.74) is 4.15. The Labute approximate surface area is 81.9 Å². The molecule has 0 N–H and O–H groups in total. The average molecular weight is 196 g/mol. The predicted molar refractivity (Wildman–Crippen MR) is 48.3 cm³/mol. The standard InChI is InChI=1S/C10H11N.V/c1-8-3-4-9-5-6-11(2)10(9)7-8;/h3-4,7H,5H2,1-2H3;. The molecule has 0 atom stereocenters. The SMILES string of the molecule is Cc1ccc2c(c1)N(C)[C](=[V])C2. The molecule has 0 bridgehead atoms. The molecular weight excluding hydrogens is 185 g/mol. The third-order valence-electron chi connectivity index (χ3n) is 2.34. The Morgan fingerprint density at radius 1 is 1.42 bits per heavy atom. The Balaban J connectivity index is 2.55. The van der Waals surface area contributed by atoms with Crippen molar-refractivity contribution in [3.8, 4) is 0 Å². The first kappa shape index (κ1) is 8.09. The van der Waals surface area contributed by atoms with E-state index in [4.69, 9.17) is 0 Å². The van der Waals surface area contributed by atoms with Gasteiger partial charge in [0.1, 0.15) is 0 Å². The van der Waals surface area contributed by atoms with Gasteiger partial charge in [-0.25, -0.2) is 0 Å². The van der Waals surface area contributed by atoms with E-state index in [-0.39, 0.29) is 0 Å². The van der Waals surface area contributed by atoms with Crippen LogP contribution in [-0.4, -0.2) is 11.4 Å². The fraction of sp³-hybridized carbons (Fsp3) is 0.300.